The Balaban J connectivity index is 2.16. The van der Waals surface area contributed by atoms with Crippen LogP contribution in [0.5, 0.6) is 0 Å². The van der Waals surface area contributed by atoms with Crippen molar-refractivity contribution in [1.29, 1.82) is 0 Å². The van der Waals surface area contributed by atoms with E-state index in [1.807, 2.05) is 24.3 Å². The molecule has 3 nitrogen and oxygen atoms in total. The van der Waals surface area contributed by atoms with E-state index in [4.69, 9.17) is 40.6 Å². The maximum atomic E-state index is 6.18. The first-order chi connectivity index (χ1) is 9.61. The highest BCUT2D eigenvalue weighted by Crippen LogP contribution is 2.26. The number of nitrogens with zero attached hydrogens (tertiary/aromatic N) is 1. The van der Waals surface area contributed by atoms with Crippen molar-refractivity contribution in [3.8, 4) is 0 Å². The van der Waals surface area contributed by atoms with Crippen molar-refractivity contribution in [2.75, 3.05) is 0 Å². The van der Waals surface area contributed by atoms with Crippen LogP contribution < -0.4 is 11.3 Å². The van der Waals surface area contributed by atoms with Crippen molar-refractivity contribution in [3.05, 3.63) is 62.9 Å². The molecule has 1 heterocycles. The van der Waals surface area contributed by atoms with Gasteiger partial charge in [0.1, 0.15) is 0 Å². The summed E-state index contributed by atoms with van der Waals surface area (Å²) in [6.45, 7) is 0. The summed E-state index contributed by atoms with van der Waals surface area (Å²) in [5, 5.41) is 1.90. The number of benzene rings is 1. The molecule has 1 aromatic carbocycles. The molecule has 0 bridgehead atoms. The minimum atomic E-state index is -0.0210. The molecule has 20 heavy (non-hydrogen) atoms. The first kappa shape index (κ1) is 15.5. The van der Waals surface area contributed by atoms with Crippen LogP contribution in [0.4, 0.5) is 0 Å². The lowest BCUT2D eigenvalue weighted by atomic mass is 10.00. The third-order valence-corrected chi connectivity index (χ3v) is 4.12. The van der Waals surface area contributed by atoms with E-state index in [1.54, 1.807) is 12.4 Å². The molecule has 106 valence electrons. The highest BCUT2D eigenvalue weighted by molar-refractivity contribution is 6.36. The largest absolute Gasteiger partial charge is 0.271 e. The van der Waals surface area contributed by atoms with Crippen LogP contribution >= 0.6 is 34.8 Å². The Kier molecular flexibility index (Phi) is 5.64. The minimum absolute atomic E-state index is 0.0210. The Morgan fingerprint density at radius 1 is 1.05 bits per heavy atom. The van der Waals surface area contributed by atoms with Crippen LogP contribution in [0.25, 0.3) is 0 Å². The van der Waals surface area contributed by atoms with E-state index in [2.05, 4.69) is 10.4 Å². The smallest absolute Gasteiger partial charge is 0.0621 e. The van der Waals surface area contributed by atoms with E-state index in [0.717, 1.165) is 11.1 Å². The summed E-state index contributed by atoms with van der Waals surface area (Å²) < 4.78 is 0. The standard InChI is InChI=1S/C14H14Cl3N3/c15-12-2-1-3-13(16)11(12)7-10(20-18)6-9-4-5-19-8-14(9)17/h1-5,8,10,20H,6-7,18H2. The number of nitrogens with one attached hydrogen (secondary N) is 1. The molecule has 0 amide bonds. The number of hydrazine groups is 1. The monoisotopic (exact) mass is 329 g/mol. The molecule has 1 atom stereocenters. The molecular formula is C14H14Cl3N3. The van der Waals surface area contributed by atoms with Gasteiger partial charge in [0.05, 0.1) is 5.02 Å². The number of halogens is 3. The second-order valence-electron chi connectivity index (χ2n) is 4.44. The lowest BCUT2D eigenvalue weighted by molar-refractivity contribution is 0.522. The van der Waals surface area contributed by atoms with Gasteiger partial charge in [-0.05, 0) is 42.2 Å². The topological polar surface area (TPSA) is 50.9 Å². The zero-order chi connectivity index (χ0) is 14.5. The van der Waals surface area contributed by atoms with E-state index >= 15 is 0 Å². The van der Waals surface area contributed by atoms with Crippen molar-refractivity contribution >= 4 is 34.8 Å². The summed E-state index contributed by atoms with van der Waals surface area (Å²) in [5.41, 5.74) is 4.64. The quantitative estimate of drug-likeness (QED) is 0.650. The summed E-state index contributed by atoms with van der Waals surface area (Å²) in [6, 6.07) is 7.30. The Morgan fingerprint density at radius 3 is 2.35 bits per heavy atom. The van der Waals surface area contributed by atoms with E-state index in [1.165, 1.54) is 0 Å². The van der Waals surface area contributed by atoms with Gasteiger partial charge in [0, 0.05) is 28.5 Å². The van der Waals surface area contributed by atoms with Crippen LogP contribution in [-0.4, -0.2) is 11.0 Å². The van der Waals surface area contributed by atoms with E-state index in [-0.39, 0.29) is 6.04 Å². The van der Waals surface area contributed by atoms with Crippen molar-refractivity contribution in [2.45, 2.75) is 18.9 Å². The summed E-state index contributed by atoms with van der Waals surface area (Å²) in [6.07, 6.45) is 4.61. The molecule has 0 saturated heterocycles. The van der Waals surface area contributed by atoms with Crippen LogP contribution in [-0.2, 0) is 12.8 Å². The van der Waals surface area contributed by atoms with Gasteiger partial charge in [0.15, 0.2) is 0 Å². The predicted molar refractivity (Wildman–Crippen MR) is 84.2 cm³/mol. The molecule has 0 radical (unpaired) electrons. The van der Waals surface area contributed by atoms with Gasteiger partial charge in [0.25, 0.3) is 0 Å². The molecule has 2 rings (SSSR count). The first-order valence-corrected chi connectivity index (χ1v) is 7.22. The van der Waals surface area contributed by atoms with E-state index in [0.29, 0.717) is 27.9 Å². The average Bonchev–Trinajstić information content (AvgIpc) is 2.44. The van der Waals surface area contributed by atoms with Crippen LogP contribution in [0.15, 0.2) is 36.7 Å². The molecule has 3 N–H and O–H groups in total. The molecule has 0 aliphatic rings. The summed E-state index contributed by atoms with van der Waals surface area (Å²) >= 11 is 18.5. The molecule has 1 unspecified atom stereocenters. The average molecular weight is 331 g/mol. The zero-order valence-electron chi connectivity index (χ0n) is 10.6. The molecule has 0 saturated carbocycles. The van der Waals surface area contributed by atoms with Crippen LogP contribution in [0.2, 0.25) is 15.1 Å². The minimum Gasteiger partial charge on any atom is -0.271 e. The Hall–Kier alpha value is -0.840. The van der Waals surface area contributed by atoms with Gasteiger partial charge < -0.3 is 0 Å². The second-order valence-corrected chi connectivity index (χ2v) is 5.66. The fourth-order valence-electron chi connectivity index (χ4n) is 2.00. The molecule has 0 aliphatic heterocycles. The third-order valence-electron chi connectivity index (χ3n) is 3.07. The summed E-state index contributed by atoms with van der Waals surface area (Å²) in [5.74, 6) is 5.62. The fourth-order valence-corrected chi connectivity index (χ4v) is 2.75. The van der Waals surface area contributed by atoms with Gasteiger partial charge in [-0.25, -0.2) is 0 Å². The Bertz CT molecular complexity index is 569. The summed E-state index contributed by atoms with van der Waals surface area (Å²) in [7, 11) is 0. The molecule has 0 aliphatic carbocycles. The van der Waals surface area contributed by atoms with Crippen molar-refractivity contribution in [3.63, 3.8) is 0 Å². The fraction of sp³-hybridized carbons (Fsp3) is 0.214. The van der Waals surface area contributed by atoms with Gasteiger partial charge in [-0.1, -0.05) is 40.9 Å². The van der Waals surface area contributed by atoms with Gasteiger partial charge in [-0.2, -0.15) is 0 Å². The van der Waals surface area contributed by atoms with Crippen LogP contribution in [0.1, 0.15) is 11.1 Å². The highest BCUT2D eigenvalue weighted by atomic mass is 35.5. The van der Waals surface area contributed by atoms with Gasteiger partial charge in [-0.15, -0.1) is 0 Å². The van der Waals surface area contributed by atoms with Crippen LogP contribution in [0, 0.1) is 0 Å². The maximum absolute atomic E-state index is 6.18. The molecule has 0 fully saturated rings. The molecule has 6 heteroatoms. The number of aromatic nitrogens is 1. The first-order valence-electron chi connectivity index (χ1n) is 6.09. The second kappa shape index (κ2) is 7.25. The highest BCUT2D eigenvalue weighted by Gasteiger charge is 2.15. The lowest BCUT2D eigenvalue weighted by Crippen LogP contribution is -2.38. The Morgan fingerprint density at radius 2 is 1.75 bits per heavy atom. The molecule has 1 aromatic heterocycles. The zero-order valence-corrected chi connectivity index (χ0v) is 12.9. The van der Waals surface area contributed by atoms with E-state index < -0.39 is 0 Å². The number of pyridine rings is 1. The van der Waals surface area contributed by atoms with E-state index in [9.17, 15) is 0 Å². The number of hydrogen-bond acceptors (Lipinski definition) is 3. The molecular weight excluding hydrogens is 317 g/mol. The lowest BCUT2D eigenvalue weighted by Gasteiger charge is -2.18. The Labute approximate surface area is 133 Å². The predicted octanol–water partition coefficient (Wildman–Crippen LogP) is 3.66. The SMILES string of the molecule is NNC(Cc1ccncc1Cl)Cc1c(Cl)cccc1Cl. The molecule has 0 spiro atoms. The maximum Gasteiger partial charge on any atom is 0.0621 e. The molecule has 2 aromatic rings. The number of rotatable bonds is 5. The van der Waals surface area contributed by atoms with Gasteiger partial charge in [0.2, 0.25) is 0 Å². The van der Waals surface area contributed by atoms with Crippen LogP contribution in [0.3, 0.4) is 0 Å². The normalized spacial score (nSPS) is 12.4. The van der Waals surface area contributed by atoms with Crippen molar-refractivity contribution in [1.82, 2.24) is 10.4 Å². The van der Waals surface area contributed by atoms with Crippen molar-refractivity contribution < 1.29 is 0 Å². The van der Waals surface area contributed by atoms with Gasteiger partial charge in [-0.3, -0.25) is 16.3 Å². The number of nitrogens with two attached hydrogens (primary N) is 1. The van der Waals surface area contributed by atoms with Crippen molar-refractivity contribution in [2.24, 2.45) is 5.84 Å². The number of hydrogen-bond donors (Lipinski definition) is 2. The van der Waals surface area contributed by atoms with Gasteiger partial charge >= 0.3 is 0 Å². The third kappa shape index (κ3) is 3.84. The summed E-state index contributed by atoms with van der Waals surface area (Å²) in [4.78, 5) is 3.96.